The fourth-order valence-electron chi connectivity index (χ4n) is 8.87. The predicted octanol–water partition coefficient (Wildman–Crippen LogP) is 1.04. The van der Waals surface area contributed by atoms with Crippen LogP contribution in [-0.4, -0.2) is 107 Å². The Kier molecular flexibility index (Phi) is 10.1. The van der Waals surface area contributed by atoms with Gasteiger partial charge < -0.3 is 38.6 Å². The Morgan fingerprint density at radius 2 is 1.45 bits per heavy atom. The van der Waals surface area contributed by atoms with Crippen molar-refractivity contribution in [3.63, 3.8) is 0 Å². The molecular formula is C36H42O15. The highest BCUT2D eigenvalue weighted by atomic mass is 16.6. The van der Waals surface area contributed by atoms with Crippen LogP contribution in [0.1, 0.15) is 59.9 Å². The number of rotatable bonds is 8. The number of benzene rings is 1. The number of aliphatic hydroxyl groups is 2. The fourth-order valence-corrected chi connectivity index (χ4v) is 8.87. The zero-order valence-electron chi connectivity index (χ0n) is 29.1. The minimum Gasteiger partial charge on any atom is -0.462 e. The highest BCUT2D eigenvalue weighted by molar-refractivity contribution is 5.95. The van der Waals surface area contributed by atoms with Crippen molar-refractivity contribution in [2.24, 2.45) is 22.7 Å². The molecular weight excluding hydrogens is 672 g/mol. The zero-order chi connectivity index (χ0) is 37.7. The molecule has 1 saturated heterocycles. The van der Waals surface area contributed by atoms with Gasteiger partial charge in [0, 0.05) is 57.9 Å². The first-order valence-electron chi connectivity index (χ1n) is 16.5. The minimum atomic E-state index is -2.55. The first-order valence-corrected chi connectivity index (χ1v) is 16.5. The van der Waals surface area contributed by atoms with Crippen LogP contribution in [0, 0.1) is 22.7 Å². The molecule has 4 bridgehead atoms. The lowest BCUT2D eigenvalue weighted by atomic mass is 9.44. The molecule has 1 aliphatic heterocycles. The number of ketones is 2. The van der Waals surface area contributed by atoms with E-state index in [1.165, 1.54) is 19.9 Å². The van der Waals surface area contributed by atoms with Crippen LogP contribution in [0.25, 0.3) is 6.08 Å². The van der Waals surface area contributed by atoms with E-state index in [0.717, 1.165) is 33.8 Å². The van der Waals surface area contributed by atoms with Crippen LogP contribution < -0.4 is 0 Å². The number of carbonyl (C=O) groups excluding carboxylic acids is 7. The summed E-state index contributed by atoms with van der Waals surface area (Å²) in [6.45, 7) is 5.34. The SMILES string of the molecule is CC(=O)O[C@@H]1[C@@H]2C(=O)[C@@H](OC(=O)/C=C\c3ccccc3)C[C@H](OC(C)=O)[C@@]2(CO)[C@@H](OC(C)=O)[C@@H](OC(C)=O)[C@@]2(O)[C@@]3(C)OC[C@]2(C)[C@H]1CC3=O. The lowest BCUT2D eigenvalue weighted by Gasteiger charge is -2.64. The molecule has 15 nitrogen and oxygen atoms in total. The number of fused-ring (bicyclic) bond motifs is 1. The van der Waals surface area contributed by atoms with E-state index in [1.807, 2.05) is 0 Å². The first-order chi connectivity index (χ1) is 23.9. The molecule has 2 N–H and O–H groups in total. The van der Waals surface area contributed by atoms with Crippen molar-refractivity contribution in [2.75, 3.05) is 13.2 Å². The zero-order valence-corrected chi connectivity index (χ0v) is 29.1. The Balaban J connectivity index is 1.79. The molecule has 1 aromatic carbocycles. The number of Topliss-reactive ketones (excluding diaryl/α,β-unsaturated/α-hetero) is 2. The highest BCUT2D eigenvalue weighted by Crippen LogP contribution is 2.66. The normalized spacial score (nSPS) is 38.5. The fraction of sp³-hybridized carbons (Fsp3) is 0.583. The summed E-state index contributed by atoms with van der Waals surface area (Å²) < 4.78 is 34.9. The quantitative estimate of drug-likeness (QED) is 0.219. The molecule has 276 valence electrons. The third-order valence-corrected chi connectivity index (χ3v) is 11.1. The number of hydrogen-bond donors (Lipinski definition) is 2. The molecule has 0 aromatic heterocycles. The molecule has 0 radical (unpaired) electrons. The van der Waals surface area contributed by atoms with E-state index >= 15 is 0 Å². The Hall–Kier alpha value is -4.47. The average Bonchev–Trinajstić information content (AvgIpc) is 3.19. The summed E-state index contributed by atoms with van der Waals surface area (Å²) in [5.41, 5.74) is -8.00. The van der Waals surface area contributed by atoms with Crippen LogP contribution in [0.15, 0.2) is 36.4 Å². The van der Waals surface area contributed by atoms with E-state index in [0.29, 0.717) is 5.56 Å². The lowest BCUT2D eigenvalue weighted by molar-refractivity contribution is -0.302. The van der Waals surface area contributed by atoms with Gasteiger partial charge in [-0.1, -0.05) is 37.3 Å². The molecule has 0 spiro atoms. The van der Waals surface area contributed by atoms with Crippen LogP contribution in [0.2, 0.25) is 0 Å². The van der Waals surface area contributed by atoms with Crippen LogP contribution in [0.4, 0.5) is 0 Å². The smallest absolute Gasteiger partial charge is 0.331 e. The van der Waals surface area contributed by atoms with Gasteiger partial charge in [0.05, 0.1) is 24.5 Å². The second-order valence-electron chi connectivity index (χ2n) is 14.0. The topological polar surface area (TPSA) is 215 Å². The van der Waals surface area contributed by atoms with E-state index in [4.69, 9.17) is 28.4 Å². The molecule has 11 atom stereocenters. The van der Waals surface area contributed by atoms with Crippen LogP contribution in [0.3, 0.4) is 0 Å². The molecule has 5 rings (SSSR count). The summed E-state index contributed by atoms with van der Waals surface area (Å²) in [4.78, 5) is 93.5. The molecule has 4 aliphatic rings. The molecule has 51 heavy (non-hydrogen) atoms. The third-order valence-electron chi connectivity index (χ3n) is 11.1. The van der Waals surface area contributed by atoms with Crippen molar-refractivity contribution < 1.29 is 72.2 Å². The third kappa shape index (κ3) is 5.94. The van der Waals surface area contributed by atoms with E-state index < -0.39 is 125 Å². The molecule has 3 saturated carbocycles. The number of esters is 5. The van der Waals surface area contributed by atoms with Gasteiger partial charge in [-0.05, 0) is 18.6 Å². The number of hydrogen-bond acceptors (Lipinski definition) is 15. The van der Waals surface area contributed by atoms with Crippen LogP contribution in [-0.2, 0) is 62.0 Å². The number of ether oxygens (including phenoxy) is 6. The summed E-state index contributed by atoms with van der Waals surface area (Å²) in [6, 6.07) is 8.72. The van der Waals surface area contributed by atoms with Crippen molar-refractivity contribution >= 4 is 47.5 Å². The van der Waals surface area contributed by atoms with Crippen molar-refractivity contribution in [3.8, 4) is 0 Å². The Bertz CT molecular complexity index is 1650. The molecule has 15 heteroatoms. The van der Waals surface area contributed by atoms with Gasteiger partial charge in [0.1, 0.15) is 17.8 Å². The molecule has 1 heterocycles. The standard InChI is InChI=1S/C36H42O15/c1-18(38)47-26-15-24(51-27(43)13-12-22-10-8-7-9-11-22)29(44)28-30(48-19(2)39)23-14-25(42)34(6)36(45,33(23,5)17-46-34)32(50-21(4)41)31(49-20(3)40)35(26,28)16-37/h7-13,23-24,26,28,30-32,37,45H,14-17H2,1-6H3/b13-12-/t23-,24-,26-,28-,30-,31-,32+,33+,34-,35+,36-/m0/s1. The maximum Gasteiger partial charge on any atom is 0.331 e. The minimum absolute atomic E-state index is 0.373. The largest absolute Gasteiger partial charge is 0.462 e. The van der Waals surface area contributed by atoms with Crippen molar-refractivity contribution in [1.29, 1.82) is 0 Å². The van der Waals surface area contributed by atoms with Gasteiger partial charge in [0.25, 0.3) is 0 Å². The molecule has 4 fully saturated rings. The highest BCUT2D eigenvalue weighted by Gasteiger charge is 2.83. The van der Waals surface area contributed by atoms with Gasteiger partial charge in [0.2, 0.25) is 0 Å². The second-order valence-corrected chi connectivity index (χ2v) is 14.0. The van der Waals surface area contributed by atoms with E-state index in [2.05, 4.69) is 0 Å². The summed E-state index contributed by atoms with van der Waals surface area (Å²) in [5.74, 6) is -9.62. The summed E-state index contributed by atoms with van der Waals surface area (Å²) in [5, 5.41) is 24.5. The Morgan fingerprint density at radius 3 is 2.02 bits per heavy atom. The van der Waals surface area contributed by atoms with Gasteiger partial charge in [-0.15, -0.1) is 0 Å². The van der Waals surface area contributed by atoms with E-state index in [9.17, 15) is 43.8 Å². The number of aliphatic hydroxyl groups excluding tert-OH is 1. The summed E-state index contributed by atoms with van der Waals surface area (Å²) >= 11 is 0. The molecule has 3 aliphatic carbocycles. The second kappa shape index (κ2) is 13.6. The van der Waals surface area contributed by atoms with Crippen LogP contribution >= 0.6 is 0 Å². The maximum atomic E-state index is 14.9. The Morgan fingerprint density at radius 1 is 0.863 bits per heavy atom. The molecule has 0 unspecified atom stereocenters. The summed E-state index contributed by atoms with van der Waals surface area (Å²) in [6.07, 6.45) is -7.64. The lowest BCUT2D eigenvalue weighted by Crippen LogP contribution is -2.81. The van der Waals surface area contributed by atoms with E-state index in [1.54, 1.807) is 30.3 Å². The number of carbonyl (C=O) groups is 7. The summed E-state index contributed by atoms with van der Waals surface area (Å²) in [7, 11) is 0. The molecule has 0 amide bonds. The average molecular weight is 715 g/mol. The van der Waals surface area contributed by atoms with Crippen molar-refractivity contribution in [3.05, 3.63) is 42.0 Å². The van der Waals surface area contributed by atoms with Gasteiger partial charge in [-0.3, -0.25) is 28.8 Å². The van der Waals surface area contributed by atoms with Crippen molar-refractivity contribution in [2.45, 2.75) is 96.1 Å². The Labute approximate surface area is 293 Å². The van der Waals surface area contributed by atoms with Gasteiger partial charge in [-0.2, -0.15) is 0 Å². The van der Waals surface area contributed by atoms with Gasteiger partial charge in [-0.25, -0.2) is 4.79 Å². The van der Waals surface area contributed by atoms with E-state index in [-0.39, 0.29) is 6.61 Å². The van der Waals surface area contributed by atoms with Gasteiger partial charge in [0.15, 0.2) is 35.5 Å². The first kappa shape index (κ1) is 37.8. The molecule has 1 aromatic rings. The monoisotopic (exact) mass is 714 g/mol. The maximum absolute atomic E-state index is 14.9. The predicted molar refractivity (Wildman–Crippen MR) is 171 cm³/mol. The van der Waals surface area contributed by atoms with Gasteiger partial charge >= 0.3 is 29.8 Å². The van der Waals surface area contributed by atoms with Crippen molar-refractivity contribution in [1.82, 2.24) is 0 Å². The van der Waals surface area contributed by atoms with Crippen LogP contribution in [0.5, 0.6) is 0 Å².